The van der Waals surface area contributed by atoms with E-state index in [1.165, 1.54) is 19.2 Å². The van der Waals surface area contributed by atoms with E-state index in [9.17, 15) is 18.8 Å². The molecule has 156 valence electrons. The molecule has 7 heteroatoms. The minimum absolute atomic E-state index is 0.0416. The molecular weight excluding hydrogens is 399 g/mol. The van der Waals surface area contributed by atoms with Crippen molar-refractivity contribution in [2.45, 2.75) is 5.54 Å². The second kappa shape index (κ2) is 8.02. The zero-order valence-corrected chi connectivity index (χ0v) is 16.7. The second-order valence-electron chi connectivity index (χ2n) is 7.07. The fourth-order valence-electron chi connectivity index (χ4n) is 3.78. The maximum atomic E-state index is 13.7. The van der Waals surface area contributed by atoms with Gasteiger partial charge in [0.05, 0.1) is 19.2 Å². The lowest BCUT2D eigenvalue weighted by Crippen LogP contribution is -2.45. The SMILES string of the molecule is COc1ccc(F)cc1C(=O)CN1C(=O)NC(c2ccccc2)(c2ccccc2)C1=O. The van der Waals surface area contributed by atoms with E-state index in [2.05, 4.69) is 5.32 Å². The third-order valence-electron chi connectivity index (χ3n) is 5.28. The van der Waals surface area contributed by atoms with E-state index in [1.54, 1.807) is 60.7 Å². The number of nitrogens with zero attached hydrogens (tertiary/aromatic N) is 1. The monoisotopic (exact) mass is 418 g/mol. The predicted octanol–water partition coefficient (Wildman–Crippen LogP) is 3.51. The first-order valence-corrected chi connectivity index (χ1v) is 9.59. The topological polar surface area (TPSA) is 75.7 Å². The van der Waals surface area contributed by atoms with E-state index >= 15 is 0 Å². The molecule has 31 heavy (non-hydrogen) atoms. The Balaban J connectivity index is 1.74. The van der Waals surface area contributed by atoms with Gasteiger partial charge in [-0.05, 0) is 29.3 Å². The van der Waals surface area contributed by atoms with Crippen LogP contribution in [0.5, 0.6) is 5.75 Å². The number of ketones is 1. The van der Waals surface area contributed by atoms with Gasteiger partial charge >= 0.3 is 6.03 Å². The third kappa shape index (κ3) is 3.44. The van der Waals surface area contributed by atoms with Gasteiger partial charge in [0.1, 0.15) is 11.6 Å². The van der Waals surface area contributed by atoms with E-state index in [0.29, 0.717) is 11.1 Å². The first kappa shape index (κ1) is 20.3. The highest BCUT2D eigenvalue weighted by Gasteiger charge is 2.54. The van der Waals surface area contributed by atoms with Gasteiger partial charge in [-0.3, -0.25) is 14.5 Å². The first-order chi connectivity index (χ1) is 15.0. The number of benzene rings is 3. The number of halogens is 1. The summed E-state index contributed by atoms with van der Waals surface area (Å²) in [6.45, 7) is -0.550. The lowest BCUT2D eigenvalue weighted by molar-refractivity contribution is -0.129. The Morgan fingerprint density at radius 3 is 2.10 bits per heavy atom. The van der Waals surface area contributed by atoms with Crippen molar-refractivity contribution in [1.29, 1.82) is 0 Å². The van der Waals surface area contributed by atoms with Crippen molar-refractivity contribution in [3.8, 4) is 5.75 Å². The zero-order chi connectivity index (χ0) is 22.0. The minimum atomic E-state index is -1.47. The van der Waals surface area contributed by atoms with Crippen molar-refractivity contribution in [2.75, 3.05) is 13.7 Å². The smallest absolute Gasteiger partial charge is 0.325 e. The van der Waals surface area contributed by atoms with Crippen LogP contribution in [0, 0.1) is 5.82 Å². The summed E-state index contributed by atoms with van der Waals surface area (Å²) >= 11 is 0. The number of carbonyl (C=O) groups is 3. The van der Waals surface area contributed by atoms with Crippen LogP contribution in [0.15, 0.2) is 78.9 Å². The highest BCUT2D eigenvalue weighted by atomic mass is 19.1. The Morgan fingerprint density at radius 1 is 0.968 bits per heavy atom. The molecule has 1 saturated heterocycles. The minimum Gasteiger partial charge on any atom is -0.496 e. The summed E-state index contributed by atoms with van der Waals surface area (Å²) in [5.41, 5.74) is -0.373. The molecule has 3 amide bonds. The number of hydrogen-bond acceptors (Lipinski definition) is 4. The average molecular weight is 418 g/mol. The molecular formula is C24H19FN2O4. The number of carbonyl (C=O) groups excluding carboxylic acids is 3. The molecule has 0 bridgehead atoms. The lowest BCUT2D eigenvalue weighted by atomic mass is 9.82. The molecule has 3 aromatic rings. The van der Waals surface area contributed by atoms with Crippen molar-refractivity contribution in [1.82, 2.24) is 10.2 Å². The summed E-state index contributed by atoms with van der Waals surface area (Å²) < 4.78 is 18.8. The summed E-state index contributed by atoms with van der Waals surface area (Å²) in [7, 11) is 1.35. The van der Waals surface area contributed by atoms with Crippen LogP contribution in [0.1, 0.15) is 21.5 Å². The maximum Gasteiger partial charge on any atom is 0.325 e. The normalized spacial score (nSPS) is 15.0. The van der Waals surface area contributed by atoms with E-state index < -0.39 is 35.6 Å². The third-order valence-corrected chi connectivity index (χ3v) is 5.28. The van der Waals surface area contributed by atoms with Crippen molar-refractivity contribution >= 4 is 17.7 Å². The predicted molar refractivity (Wildman–Crippen MR) is 111 cm³/mol. The largest absolute Gasteiger partial charge is 0.496 e. The quantitative estimate of drug-likeness (QED) is 0.491. The second-order valence-corrected chi connectivity index (χ2v) is 7.07. The molecule has 0 aliphatic carbocycles. The van der Waals surface area contributed by atoms with Crippen LogP contribution in [0.3, 0.4) is 0 Å². The van der Waals surface area contributed by atoms with Crippen molar-refractivity contribution < 1.29 is 23.5 Å². The number of hydrogen-bond donors (Lipinski definition) is 1. The number of Topliss-reactive ketones (excluding diaryl/α,β-unsaturated/α-hetero) is 1. The highest BCUT2D eigenvalue weighted by molar-refractivity contribution is 6.13. The fraction of sp³-hybridized carbons (Fsp3) is 0.125. The Labute approximate surface area is 178 Å². The van der Waals surface area contributed by atoms with Gasteiger partial charge in [0.15, 0.2) is 11.3 Å². The first-order valence-electron chi connectivity index (χ1n) is 9.59. The summed E-state index contributed by atoms with van der Waals surface area (Å²) in [4.78, 5) is 40.2. The molecule has 0 unspecified atom stereocenters. The van der Waals surface area contributed by atoms with Gasteiger partial charge in [-0.15, -0.1) is 0 Å². The molecule has 1 heterocycles. The Hall–Kier alpha value is -4.00. The molecule has 6 nitrogen and oxygen atoms in total. The molecule has 0 radical (unpaired) electrons. The van der Waals surface area contributed by atoms with Gasteiger partial charge in [-0.2, -0.15) is 0 Å². The van der Waals surface area contributed by atoms with E-state index in [-0.39, 0.29) is 11.3 Å². The van der Waals surface area contributed by atoms with Crippen LogP contribution in [0.2, 0.25) is 0 Å². The molecule has 0 aromatic heterocycles. The Morgan fingerprint density at radius 2 is 1.55 bits per heavy atom. The molecule has 1 N–H and O–H groups in total. The summed E-state index contributed by atoms with van der Waals surface area (Å²) in [6, 6.07) is 20.5. The molecule has 3 aromatic carbocycles. The molecule has 1 aliphatic heterocycles. The van der Waals surface area contributed by atoms with Gasteiger partial charge < -0.3 is 10.1 Å². The van der Waals surface area contributed by atoms with Gasteiger partial charge in [-0.25, -0.2) is 9.18 Å². The molecule has 1 fully saturated rings. The number of imide groups is 1. The molecule has 4 rings (SSSR count). The zero-order valence-electron chi connectivity index (χ0n) is 16.7. The summed E-state index contributed by atoms with van der Waals surface area (Å²) in [5.74, 6) is -1.66. The van der Waals surface area contributed by atoms with Gasteiger partial charge in [0.2, 0.25) is 0 Å². The van der Waals surface area contributed by atoms with E-state index in [1.807, 2.05) is 0 Å². The summed E-state index contributed by atoms with van der Waals surface area (Å²) in [6.07, 6.45) is 0. The van der Waals surface area contributed by atoms with Crippen LogP contribution in [0.4, 0.5) is 9.18 Å². The lowest BCUT2D eigenvalue weighted by Gasteiger charge is -2.28. The van der Waals surface area contributed by atoms with Gasteiger partial charge in [0.25, 0.3) is 5.91 Å². The van der Waals surface area contributed by atoms with E-state index in [4.69, 9.17) is 4.74 Å². The van der Waals surface area contributed by atoms with Crippen LogP contribution < -0.4 is 10.1 Å². The molecule has 0 spiro atoms. The average Bonchev–Trinajstić information content (AvgIpc) is 3.05. The number of amides is 3. The summed E-state index contributed by atoms with van der Waals surface area (Å²) in [5, 5.41) is 2.78. The standard InChI is InChI=1S/C24H19FN2O4/c1-31-21-13-12-18(25)14-19(21)20(28)15-27-22(29)24(26-23(27)30,16-8-4-2-5-9-16)17-10-6-3-7-11-17/h2-14H,15H2,1H3,(H,26,30). The molecule has 0 saturated carbocycles. The molecule has 1 aliphatic rings. The van der Waals surface area contributed by atoms with Crippen LogP contribution in [0.25, 0.3) is 0 Å². The van der Waals surface area contributed by atoms with Crippen LogP contribution >= 0.6 is 0 Å². The van der Waals surface area contributed by atoms with Crippen molar-refractivity contribution in [3.05, 3.63) is 101 Å². The van der Waals surface area contributed by atoms with Gasteiger partial charge in [0, 0.05) is 0 Å². The highest BCUT2D eigenvalue weighted by Crippen LogP contribution is 2.36. The maximum absolute atomic E-state index is 13.7. The van der Waals surface area contributed by atoms with Crippen LogP contribution in [-0.2, 0) is 10.3 Å². The number of methoxy groups -OCH3 is 1. The van der Waals surface area contributed by atoms with Gasteiger partial charge in [-0.1, -0.05) is 60.7 Å². The number of urea groups is 1. The molecule has 0 atom stereocenters. The number of ether oxygens (including phenoxy) is 1. The number of nitrogens with one attached hydrogen (secondary N) is 1. The number of rotatable bonds is 6. The Bertz CT molecular complexity index is 1110. The Kier molecular flexibility index (Phi) is 5.25. The fourth-order valence-corrected chi connectivity index (χ4v) is 3.78. The van der Waals surface area contributed by atoms with E-state index in [0.717, 1.165) is 11.0 Å². The van der Waals surface area contributed by atoms with Crippen molar-refractivity contribution in [2.24, 2.45) is 0 Å². The van der Waals surface area contributed by atoms with Crippen molar-refractivity contribution in [3.63, 3.8) is 0 Å². The van der Waals surface area contributed by atoms with Crippen LogP contribution in [-0.4, -0.2) is 36.3 Å².